The van der Waals surface area contributed by atoms with Crippen LogP contribution in [0.1, 0.15) is 164 Å². The maximum atomic E-state index is 12.8. The Kier molecular flexibility index (Phi) is 25.1. The van der Waals surface area contributed by atoms with Crippen molar-refractivity contribution in [3.8, 4) is 0 Å². The van der Waals surface area contributed by atoms with E-state index in [0.717, 1.165) is 12.3 Å². The molecule has 4 unspecified atom stereocenters. The first kappa shape index (κ1) is 67.8. The Bertz CT molecular complexity index is 1720. The highest BCUT2D eigenvalue weighted by Crippen LogP contribution is 2.53. The summed E-state index contributed by atoms with van der Waals surface area (Å²) in [5.41, 5.74) is -0.931. The molecule has 0 saturated carbocycles. The van der Waals surface area contributed by atoms with Gasteiger partial charge in [0.2, 0.25) is 0 Å². The van der Waals surface area contributed by atoms with Crippen LogP contribution in [0.2, 0.25) is 67.5 Å². The van der Waals surface area contributed by atoms with Crippen LogP contribution >= 0.6 is 0 Å². The standard InChI is InChI=1S/C23H52O14Si8.C9H18O2.C8H20Si.C6H8O3/c1-11-23(9,10)22(24)25-20-19-21-45-35-42(16-6)29-39(13-3)26-38(12-2)27-40(14-4,31-42)33-44(18-8,37-45)34-41(15-5,28-38)32-43(17-7,30-39)36-45;1-6-7(2)8(10)11-9(3,4)5;1-5-8(2)6-7-9(3)4;1-3-4(2)6(8)9-5(3)7/h11-21H2,1-10H3;7H,6H2,1-5H3;8-9H,5-7H2,1-4H3;3-4H,1-2H3. The second-order valence-corrected chi connectivity index (χ2v) is 51.8. The molecule has 0 radical (unpaired) electrons. The van der Waals surface area contributed by atoms with Crippen molar-refractivity contribution in [3.05, 3.63) is 0 Å². The van der Waals surface area contributed by atoms with Crippen molar-refractivity contribution in [1.29, 1.82) is 0 Å². The number of cyclic esters (lactones) is 2. The number of ether oxygens (including phenoxy) is 3. The maximum absolute atomic E-state index is 12.8. The molecule has 7 fully saturated rings. The Labute approximate surface area is 455 Å². The Morgan fingerprint density at radius 1 is 0.554 bits per heavy atom. The SMILES string of the molecule is CC1C(=O)OC(=O)C1C.CCC(C)(C)C(=O)OCCC[Si]12O[Si]3(CC)O[Si]4(CC)O[Si]5(CC)O[Si](CC)(O3)O[Si](CC)(O[Si](CC)(O5)O[Si](CC)(O4)O1)O2.CCC(C)C(=O)OC(C)(C)C.CCC(C)CC[SiH](C)C. The molecule has 0 N–H and O–H groups in total. The first-order valence-electron chi connectivity index (χ1n) is 27.8. The first-order chi connectivity index (χ1) is 34.3. The molecule has 28 heteroatoms. The van der Waals surface area contributed by atoms with E-state index in [1.165, 1.54) is 18.9 Å². The number of rotatable bonds is 19. The van der Waals surface area contributed by atoms with E-state index < -0.39 is 87.8 Å². The first-order valence-corrected chi connectivity index (χ1v) is 46.4. The van der Waals surface area contributed by atoms with Gasteiger partial charge in [-0.1, -0.05) is 129 Å². The van der Waals surface area contributed by atoms with Crippen LogP contribution in [-0.2, 0) is 82.8 Å². The molecule has 0 aromatic rings. The summed E-state index contributed by atoms with van der Waals surface area (Å²) in [5, 5.41) is 0. The second kappa shape index (κ2) is 27.3. The van der Waals surface area contributed by atoms with Gasteiger partial charge in [-0.15, -0.1) is 0 Å². The molecule has 8 bridgehead atoms. The molecule has 7 rings (SSSR count). The van der Waals surface area contributed by atoms with Crippen molar-refractivity contribution in [2.75, 3.05) is 6.61 Å². The third kappa shape index (κ3) is 17.3. The van der Waals surface area contributed by atoms with E-state index in [-0.39, 0.29) is 56.7 Å². The zero-order chi connectivity index (χ0) is 56.4. The van der Waals surface area contributed by atoms with Crippen molar-refractivity contribution >= 4 is 103 Å². The lowest BCUT2D eigenvalue weighted by atomic mass is 9.91. The second-order valence-electron chi connectivity index (χ2n) is 22.3. The van der Waals surface area contributed by atoms with Crippen LogP contribution in [0.4, 0.5) is 0 Å². The van der Waals surface area contributed by atoms with Crippen LogP contribution in [-0.4, -0.2) is 115 Å². The highest BCUT2D eigenvalue weighted by atomic mass is 28.6. The Hall–Kier alpha value is -0.448. The van der Waals surface area contributed by atoms with E-state index >= 15 is 0 Å². The van der Waals surface area contributed by atoms with E-state index in [4.69, 9.17) is 58.9 Å². The molecular weight excluding hydrogens is 1110 g/mol. The highest BCUT2D eigenvalue weighted by Gasteiger charge is 2.82. The van der Waals surface area contributed by atoms with Gasteiger partial charge in [-0.3, -0.25) is 19.2 Å². The van der Waals surface area contributed by atoms with Gasteiger partial charge in [0.25, 0.3) is 0 Å². The van der Waals surface area contributed by atoms with Crippen LogP contribution < -0.4 is 0 Å². The number of esters is 4. The quantitative estimate of drug-likeness (QED) is 0.0387. The van der Waals surface area contributed by atoms with Crippen LogP contribution in [0.15, 0.2) is 0 Å². The van der Waals surface area contributed by atoms with E-state index in [1.807, 2.05) is 104 Å². The molecule has 7 saturated heterocycles. The number of hydrogen-bond acceptors (Lipinski definition) is 19. The minimum Gasteiger partial charge on any atom is -0.465 e. The molecule has 0 aliphatic carbocycles. The fourth-order valence-corrected chi connectivity index (χ4v) is 58.8. The summed E-state index contributed by atoms with van der Waals surface area (Å²) < 4.78 is 101. The molecule has 0 aromatic carbocycles. The topological polar surface area (TPSA) is 207 Å². The molecular formula is C46H98O19Si9. The number of hydrogen-bond donors (Lipinski definition) is 0. The molecule has 7 aliphatic heterocycles. The summed E-state index contributed by atoms with van der Waals surface area (Å²) in [6.45, 7) is 42.1. The largest absolute Gasteiger partial charge is 0.479 e. The zero-order valence-electron chi connectivity index (χ0n) is 49.3. The minimum absolute atomic E-state index is 0.0224. The van der Waals surface area contributed by atoms with Gasteiger partial charge < -0.3 is 63.6 Å². The summed E-state index contributed by atoms with van der Waals surface area (Å²) >= 11 is 0. The lowest BCUT2D eigenvalue weighted by Gasteiger charge is -2.63. The Morgan fingerprint density at radius 2 is 0.878 bits per heavy atom. The van der Waals surface area contributed by atoms with E-state index in [0.29, 0.717) is 55.2 Å². The van der Waals surface area contributed by atoms with Gasteiger partial charge in [-0.05, 0) is 59.8 Å². The Balaban J connectivity index is 0.000000401. The van der Waals surface area contributed by atoms with Crippen LogP contribution in [0.3, 0.4) is 0 Å². The summed E-state index contributed by atoms with van der Waals surface area (Å²) in [4.78, 5) is 45.1. The third-order valence-electron chi connectivity index (χ3n) is 14.1. The molecule has 7 aliphatic rings. The van der Waals surface area contributed by atoms with Gasteiger partial charge in [-0.2, -0.15) is 0 Å². The van der Waals surface area contributed by atoms with Gasteiger partial charge in [-0.25, -0.2) is 0 Å². The minimum atomic E-state index is -3.87. The molecule has 432 valence electrons. The predicted octanol–water partition coefficient (Wildman–Crippen LogP) is 10.9. The van der Waals surface area contributed by atoms with Gasteiger partial charge in [0.15, 0.2) is 0 Å². The smallest absolute Gasteiger partial charge is 0.465 e. The normalized spacial score (nSPS) is 36.0. The van der Waals surface area contributed by atoms with Gasteiger partial charge in [0.05, 0.1) is 29.8 Å². The molecule has 0 aromatic heterocycles. The average Bonchev–Trinajstić information content (AvgIpc) is 3.55. The average molecular weight is 1210 g/mol. The van der Waals surface area contributed by atoms with Crippen molar-refractivity contribution in [2.24, 2.45) is 29.1 Å². The fourth-order valence-electron chi connectivity index (χ4n) is 7.89. The zero-order valence-corrected chi connectivity index (χ0v) is 58.4. The van der Waals surface area contributed by atoms with Crippen molar-refractivity contribution in [3.63, 3.8) is 0 Å². The fraction of sp³-hybridized carbons (Fsp3) is 0.913. The van der Waals surface area contributed by atoms with Gasteiger partial charge in [0, 0.05) is 57.1 Å². The maximum Gasteiger partial charge on any atom is 0.479 e. The van der Waals surface area contributed by atoms with E-state index in [2.05, 4.69) is 31.7 Å². The van der Waals surface area contributed by atoms with Gasteiger partial charge in [0.1, 0.15) is 5.60 Å². The van der Waals surface area contributed by atoms with Crippen LogP contribution in [0.25, 0.3) is 0 Å². The van der Waals surface area contributed by atoms with Crippen molar-refractivity contribution in [2.45, 2.75) is 237 Å². The van der Waals surface area contributed by atoms with E-state index in [1.54, 1.807) is 13.8 Å². The van der Waals surface area contributed by atoms with Crippen molar-refractivity contribution in [1.82, 2.24) is 0 Å². The molecule has 4 atom stereocenters. The molecule has 0 amide bonds. The summed E-state index contributed by atoms with van der Waals surface area (Å²) in [5.74, 6) is -0.653. The highest BCUT2D eigenvalue weighted by molar-refractivity contribution is 7.03. The summed E-state index contributed by atoms with van der Waals surface area (Å²) in [7, 11) is -29.9. The summed E-state index contributed by atoms with van der Waals surface area (Å²) in [6.07, 6.45) is 4.75. The molecule has 7 heterocycles. The summed E-state index contributed by atoms with van der Waals surface area (Å²) in [6, 6.07) is 4.63. The van der Waals surface area contributed by atoms with Crippen LogP contribution in [0.5, 0.6) is 0 Å². The molecule has 19 nitrogen and oxygen atoms in total. The predicted molar refractivity (Wildman–Crippen MR) is 299 cm³/mol. The van der Waals surface area contributed by atoms with Crippen LogP contribution in [0, 0.1) is 29.1 Å². The molecule has 74 heavy (non-hydrogen) atoms. The monoisotopic (exact) mass is 1210 g/mol. The third-order valence-corrected chi connectivity index (χ3v) is 52.5. The lowest BCUT2D eigenvalue weighted by Crippen LogP contribution is -2.88. The van der Waals surface area contributed by atoms with Crippen molar-refractivity contribution < 1.29 is 82.8 Å². The van der Waals surface area contributed by atoms with E-state index in [9.17, 15) is 19.2 Å². The number of carbonyl (C=O) groups excluding carboxylic acids is 4. The Morgan fingerprint density at radius 3 is 1.11 bits per heavy atom. The molecule has 0 spiro atoms. The lowest BCUT2D eigenvalue weighted by molar-refractivity contribution is -0.159. The number of carbonyl (C=O) groups is 4. The van der Waals surface area contributed by atoms with Gasteiger partial charge >= 0.3 is 94.3 Å².